The second-order valence-corrected chi connectivity index (χ2v) is 3.12. The molecule has 12 heavy (non-hydrogen) atoms. The van der Waals surface area contributed by atoms with E-state index in [1.54, 1.807) is 0 Å². The summed E-state index contributed by atoms with van der Waals surface area (Å²) in [5.74, 6) is 0. The minimum atomic E-state index is -1.12. The third-order valence-electron chi connectivity index (χ3n) is 2.30. The van der Waals surface area contributed by atoms with Crippen LogP contribution in [0, 0.1) is 16.7 Å². The maximum absolute atomic E-state index is 9.49. The Hall–Kier alpha value is -0.565. The Morgan fingerprint density at radius 2 is 2.33 bits per heavy atom. The second-order valence-electron chi connectivity index (χ2n) is 3.12. The van der Waals surface area contributed by atoms with E-state index in [1.807, 2.05) is 6.07 Å². The third kappa shape index (κ3) is 1.12. The van der Waals surface area contributed by atoms with E-state index in [9.17, 15) is 5.11 Å². The van der Waals surface area contributed by atoms with Gasteiger partial charge in [0.25, 0.3) is 0 Å². The maximum atomic E-state index is 9.49. The van der Waals surface area contributed by atoms with Gasteiger partial charge in [0.15, 0.2) is 0 Å². The smallest absolute Gasteiger partial charge is 0.111 e. The van der Waals surface area contributed by atoms with Crippen molar-refractivity contribution in [2.45, 2.75) is 25.1 Å². The van der Waals surface area contributed by atoms with Crippen LogP contribution in [0.1, 0.15) is 6.92 Å². The third-order valence-corrected chi connectivity index (χ3v) is 2.30. The molecule has 4 atom stereocenters. The first-order valence-corrected chi connectivity index (χ1v) is 3.67. The van der Waals surface area contributed by atoms with Crippen molar-refractivity contribution < 1.29 is 14.9 Å². The second kappa shape index (κ2) is 3.06. The normalized spacial score (nSPS) is 47.3. The highest BCUT2D eigenvalue weighted by Crippen LogP contribution is 2.36. The summed E-state index contributed by atoms with van der Waals surface area (Å²) in [5, 5.41) is 27.0. The Balaban J connectivity index is 2.85. The molecule has 1 fully saturated rings. The zero-order valence-electron chi connectivity index (χ0n) is 6.77. The standard InChI is InChI=1S/C7H10BNO3/c1-7(3-9)5(11)4(2-10)12-6(7)8/h4-6,10-11H,2H2,1H3/t4-,5-,6-,7-/m1/s1. The van der Waals surface area contributed by atoms with Crippen LogP contribution in [-0.4, -0.2) is 42.9 Å². The van der Waals surface area contributed by atoms with Crippen LogP contribution < -0.4 is 0 Å². The highest BCUT2D eigenvalue weighted by molar-refractivity contribution is 6.12. The van der Waals surface area contributed by atoms with Crippen LogP contribution in [0.4, 0.5) is 0 Å². The quantitative estimate of drug-likeness (QED) is 0.479. The molecule has 0 aromatic carbocycles. The summed E-state index contributed by atoms with van der Waals surface area (Å²) < 4.78 is 4.98. The molecule has 1 heterocycles. The molecule has 0 amide bonds. The lowest BCUT2D eigenvalue weighted by molar-refractivity contribution is -0.00604. The van der Waals surface area contributed by atoms with Crippen LogP contribution in [0.25, 0.3) is 0 Å². The summed E-state index contributed by atoms with van der Waals surface area (Å²) in [7, 11) is 5.46. The summed E-state index contributed by atoms with van der Waals surface area (Å²) in [6, 6.07) is 1.05. The number of hydrogen-bond donors (Lipinski definition) is 2. The number of rotatable bonds is 1. The van der Waals surface area contributed by atoms with Crippen molar-refractivity contribution in [2.75, 3.05) is 6.61 Å². The van der Waals surface area contributed by atoms with Gasteiger partial charge in [0.2, 0.25) is 0 Å². The maximum Gasteiger partial charge on any atom is 0.111 e. The Bertz CT molecular complexity index is 217. The number of nitrogens with zero attached hydrogens (tertiary/aromatic N) is 1. The van der Waals surface area contributed by atoms with Crippen molar-refractivity contribution >= 4 is 7.85 Å². The van der Waals surface area contributed by atoms with Crippen molar-refractivity contribution in [3.63, 3.8) is 0 Å². The number of ether oxygens (including phenoxy) is 1. The van der Waals surface area contributed by atoms with Gasteiger partial charge in [0.05, 0.1) is 12.7 Å². The average Bonchev–Trinajstić information content (AvgIpc) is 2.30. The van der Waals surface area contributed by atoms with Gasteiger partial charge in [-0.25, -0.2) is 0 Å². The zero-order valence-corrected chi connectivity index (χ0v) is 6.77. The molecular weight excluding hydrogens is 157 g/mol. The van der Waals surface area contributed by atoms with Crippen molar-refractivity contribution in [1.82, 2.24) is 0 Å². The largest absolute Gasteiger partial charge is 0.394 e. The summed E-state index contributed by atoms with van der Waals surface area (Å²) >= 11 is 0. The van der Waals surface area contributed by atoms with Crippen molar-refractivity contribution in [1.29, 1.82) is 5.26 Å². The predicted molar refractivity (Wildman–Crippen MR) is 41.2 cm³/mol. The van der Waals surface area contributed by atoms with Crippen LogP contribution in [0.3, 0.4) is 0 Å². The van der Waals surface area contributed by atoms with Gasteiger partial charge < -0.3 is 14.9 Å². The van der Waals surface area contributed by atoms with Crippen LogP contribution in [0.2, 0.25) is 0 Å². The molecule has 0 aromatic heterocycles. The molecule has 5 heteroatoms. The molecule has 1 saturated heterocycles. The van der Waals surface area contributed by atoms with Gasteiger partial charge in [-0.1, -0.05) is 0 Å². The number of nitriles is 1. The van der Waals surface area contributed by atoms with E-state index in [4.69, 9.17) is 23.0 Å². The Labute approximate surface area is 72.2 Å². The highest BCUT2D eigenvalue weighted by Gasteiger charge is 2.50. The molecule has 0 spiro atoms. The van der Waals surface area contributed by atoms with E-state index in [-0.39, 0.29) is 6.61 Å². The van der Waals surface area contributed by atoms with E-state index in [0.717, 1.165) is 0 Å². The van der Waals surface area contributed by atoms with Gasteiger partial charge in [-0.2, -0.15) is 5.26 Å². The Morgan fingerprint density at radius 1 is 1.75 bits per heavy atom. The van der Waals surface area contributed by atoms with E-state index < -0.39 is 23.6 Å². The summed E-state index contributed by atoms with van der Waals surface area (Å²) in [4.78, 5) is 0. The highest BCUT2D eigenvalue weighted by atomic mass is 16.5. The van der Waals surface area contributed by atoms with E-state index in [2.05, 4.69) is 0 Å². The molecule has 1 aliphatic heterocycles. The van der Waals surface area contributed by atoms with Crippen LogP contribution >= 0.6 is 0 Å². The van der Waals surface area contributed by atoms with Crippen molar-refractivity contribution in [3.8, 4) is 6.07 Å². The summed E-state index contributed by atoms with van der Waals surface area (Å²) in [6.45, 7) is 1.18. The zero-order chi connectivity index (χ0) is 9.35. The van der Waals surface area contributed by atoms with E-state index >= 15 is 0 Å². The lowest BCUT2D eigenvalue weighted by atomic mass is 9.73. The molecule has 1 aliphatic rings. The molecule has 0 aromatic rings. The lowest BCUT2D eigenvalue weighted by Gasteiger charge is -2.22. The Kier molecular flexibility index (Phi) is 2.42. The van der Waals surface area contributed by atoms with Gasteiger partial charge in [-0.05, 0) is 6.92 Å². The fourth-order valence-electron chi connectivity index (χ4n) is 1.23. The van der Waals surface area contributed by atoms with Crippen LogP contribution in [0.5, 0.6) is 0 Å². The molecule has 2 N–H and O–H groups in total. The fourth-order valence-corrected chi connectivity index (χ4v) is 1.23. The molecule has 64 valence electrons. The first-order chi connectivity index (χ1) is 5.56. The first-order valence-electron chi connectivity index (χ1n) is 3.67. The van der Waals surface area contributed by atoms with Gasteiger partial charge >= 0.3 is 0 Å². The van der Waals surface area contributed by atoms with Crippen molar-refractivity contribution in [3.05, 3.63) is 0 Å². The molecule has 0 unspecified atom stereocenters. The van der Waals surface area contributed by atoms with Gasteiger partial charge in [-0.3, -0.25) is 0 Å². The topological polar surface area (TPSA) is 73.5 Å². The number of aliphatic hydroxyl groups is 2. The lowest BCUT2D eigenvalue weighted by Crippen LogP contribution is -2.38. The molecule has 0 bridgehead atoms. The molecule has 0 saturated carbocycles. The van der Waals surface area contributed by atoms with E-state index in [1.165, 1.54) is 6.92 Å². The minimum absolute atomic E-state index is 0.327. The number of hydrogen-bond acceptors (Lipinski definition) is 4. The minimum Gasteiger partial charge on any atom is -0.394 e. The summed E-state index contributed by atoms with van der Waals surface area (Å²) in [6.07, 6.45) is -1.77. The Morgan fingerprint density at radius 3 is 2.58 bits per heavy atom. The average molecular weight is 167 g/mol. The first kappa shape index (κ1) is 9.52. The van der Waals surface area contributed by atoms with Gasteiger partial charge in [-0.15, -0.1) is 0 Å². The van der Waals surface area contributed by atoms with Crippen molar-refractivity contribution in [2.24, 2.45) is 5.41 Å². The summed E-state index contributed by atoms with van der Waals surface area (Å²) in [5.41, 5.74) is -1.12. The van der Waals surface area contributed by atoms with Gasteiger partial charge in [0.1, 0.15) is 25.5 Å². The van der Waals surface area contributed by atoms with E-state index in [0.29, 0.717) is 0 Å². The molecule has 1 rings (SSSR count). The number of aliphatic hydroxyl groups excluding tert-OH is 2. The van der Waals surface area contributed by atoms with Gasteiger partial charge in [0, 0.05) is 6.00 Å². The molecule has 4 nitrogen and oxygen atoms in total. The molecule has 2 radical (unpaired) electrons. The molecular formula is C7H10BNO3. The predicted octanol–water partition coefficient (Wildman–Crippen LogP) is -1.24. The fraction of sp³-hybridized carbons (Fsp3) is 0.857. The monoisotopic (exact) mass is 167 g/mol. The molecule has 0 aliphatic carbocycles. The van der Waals surface area contributed by atoms with Crippen LogP contribution in [0.15, 0.2) is 0 Å². The SMILES string of the molecule is [B][C@@H]1O[C@H](CO)[C@@H](O)[C@@]1(C)C#N. The van der Waals surface area contributed by atoms with Crippen LogP contribution in [-0.2, 0) is 4.74 Å².